The Labute approximate surface area is 105 Å². The van der Waals surface area contributed by atoms with Crippen LogP contribution in [0.1, 0.15) is 16.1 Å². The van der Waals surface area contributed by atoms with Crippen molar-refractivity contribution in [3.05, 3.63) is 47.8 Å². The number of aldehydes is 1. The molecule has 0 radical (unpaired) electrons. The fourth-order valence-electron chi connectivity index (χ4n) is 1.32. The molecule has 1 aromatic heterocycles. The Hall–Kier alpha value is -2.44. The van der Waals surface area contributed by atoms with E-state index in [4.69, 9.17) is 4.74 Å². The molecular weight excluding hydrogens is 261 g/mol. The molecule has 1 aromatic carbocycles. The van der Waals surface area contributed by atoms with E-state index < -0.39 is 17.9 Å². The zero-order valence-electron chi connectivity index (χ0n) is 9.39. The molecule has 98 valence electrons. The lowest BCUT2D eigenvalue weighted by Gasteiger charge is -2.08. The van der Waals surface area contributed by atoms with E-state index in [9.17, 15) is 18.0 Å². The van der Waals surface area contributed by atoms with E-state index in [1.54, 1.807) is 12.1 Å². The minimum absolute atomic E-state index is 0.0943. The summed E-state index contributed by atoms with van der Waals surface area (Å²) in [6.45, 7) is 0. The Bertz CT molecular complexity index is 600. The Kier molecular flexibility index (Phi) is 3.46. The van der Waals surface area contributed by atoms with Crippen molar-refractivity contribution in [3.63, 3.8) is 0 Å². The summed E-state index contributed by atoms with van der Waals surface area (Å²) in [4.78, 5) is 17.6. The van der Waals surface area contributed by atoms with Crippen LogP contribution in [0.4, 0.5) is 13.2 Å². The maximum atomic E-state index is 12.5. The minimum atomic E-state index is -4.58. The molecule has 0 atom stereocenters. The van der Waals surface area contributed by atoms with Crippen LogP contribution in [0.3, 0.4) is 0 Å². The number of aromatic nitrogens is 2. The molecule has 0 N–H and O–H groups in total. The van der Waals surface area contributed by atoms with E-state index in [1.807, 2.05) is 0 Å². The second kappa shape index (κ2) is 5.05. The molecule has 0 bridgehead atoms. The Balaban J connectivity index is 2.31. The topological polar surface area (TPSA) is 52.1 Å². The van der Waals surface area contributed by atoms with Crippen molar-refractivity contribution >= 4 is 6.29 Å². The molecule has 0 unspecified atom stereocenters. The lowest BCUT2D eigenvalue weighted by atomic mass is 10.2. The van der Waals surface area contributed by atoms with Gasteiger partial charge in [-0.2, -0.15) is 18.2 Å². The maximum Gasteiger partial charge on any atom is 0.433 e. The van der Waals surface area contributed by atoms with Crippen LogP contribution in [0.15, 0.2) is 36.5 Å². The SMILES string of the molecule is O=Cc1ccccc1Oc1nccc(C(F)(F)F)n1. The average Bonchev–Trinajstić information content (AvgIpc) is 2.39. The van der Waals surface area contributed by atoms with Gasteiger partial charge in [0.15, 0.2) is 12.0 Å². The molecule has 0 fully saturated rings. The van der Waals surface area contributed by atoms with E-state index in [2.05, 4.69) is 9.97 Å². The predicted molar refractivity (Wildman–Crippen MR) is 58.9 cm³/mol. The first kappa shape index (κ1) is 13.0. The number of carbonyl (C=O) groups is 1. The fourth-order valence-corrected chi connectivity index (χ4v) is 1.32. The van der Waals surface area contributed by atoms with E-state index in [0.29, 0.717) is 6.29 Å². The second-order valence-electron chi connectivity index (χ2n) is 3.48. The van der Waals surface area contributed by atoms with Crippen LogP contribution < -0.4 is 4.74 Å². The van der Waals surface area contributed by atoms with Gasteiger partial charge in [-0.15, -0.1) is 0 Å². The highest BCUT2D eigenvalue weighted by molar-refractivity contribution is 5.79. The van der Waals surface area contributed by atoms with Crippen molar-refractivity contribution in [2.24, 2.45) is 0 Å². The van der Waals surface area contributed by atoms with Gasteiger partial charge in [-0.25, -0.2) is 4.98 Å². The summed E-state index contributed by atoms with van der Waals surface area (Å²) >= 11 is 0. The van der Waals surface area contributed by atoms with Gasteiger partial charge in [0.1, 0.15) is 5.75 Å². The lowest BCUT2D eigenvalue weighted by molar-refractivity contribution is -0.141. The fraction of sp³-hybridized carbons (Fsp3) is 0.0833. The Morgan fingerprint density at radius 2 is 1.89 bits per heavy atom. The summed E-state index contributed by atoms with van der Waals surface area (Å²) < 4.78 is 42.4. The summed E-state index contributed by atoms with van der Waals surface area (Å²) in [5.74, 6) is 0.0943. The van der Waals surface area contributed by atoms with Gasteiger partial charge in [-0.3, -0.25) is 4.79 Å². The predicted octanol–water partition coefficient (Wildman–Crippen LogP) is 3.10. The number of benzene rings is 1. The van der Waals surface area contributed by atoms with Gasteiger partial charge in [0.25, 0.3) is 0 Å². The van der Waals surface area contributed by atoms with E-state index >= 15 is 0 Å². The number of alkyl halides is 3. The first-order valence-electron chi connectivity index (χ1n) is 5.13. The molecule has 0 aliphatic rings. The van der Waals surface area contributed by atoms with Crippen molar-refractivity contribution in [2.75, 3.05) is 0 Å². The lowest BCUT2D eigenvalue weighted by Crippen LogP contribution is -2.09. The zero-order chi connectivity index (χ0) is 13.9. The highest BCUT2D eigenvalue weighted by Gasteiger charge is 2.33. The number of ether oxygens (including phenoxy) is 1. The molecule has 0 saturated heterocycles. The molecule has 0 spiro atoms. The van der Waals surface area contributed by atoms with Gasteiger partial charge >= 0.3 is 12.2 Å². The van der Waals surface area contributed by atoms with Crippen LogP contribution in [0, 0.1) is 0 Å². The van der Waals surface area contributed by atoms with Crippen LogP contribution in [0.5, 0.6) is 11.8 Å². The summed E-state index contributed by atoms with van der Waals surface area (Å²) in [5.41, 5.74) is -0.912. The van der Waals surface area contributed by atoms with Crippen molar-refractivity contribution in [1.82, 2.24) is 9.97 Å². The Morgan fingerprint density at radius 3 is 2.58 bits per heavy atom. The quantitative estimate of drug-likeness (QED) is 0.802. The number of rotatable bonds is 3. The highest BCUT2D eigenvalue weighted by atomic mass is 19.4. The van der Waals surface area contributed by atoms with Gasteiger partial charge < -0.3 is 4.74 Å². The first-order valence-corrected chi connectivity index (χ1v) is 5.13. The van der Waals surface area contributed by atoms with Gasteiger partial charge in [0.05, 0.1) is 5.56 Å². The summed E-state index contributed by atoms with van der Waals surface area (Å²) in [5, 5.41) is 0. The van der Waals surface area contributed by atoms with Gasteiger partial charge in [0, 0.05) is 6.20 Å². The third kappa shape index (κ3) is 3.06. The molecule has 0 saturated carbocycles. The van der Waals surface area contributed by atoms with Gasteiger partial charge in [-0.1, -0.05) is 12.1 Å². The van der Waals surface area contributed by atoms with E-state index in [1.165, 1.54) is 12.1 Å². The molecule has 0 amide bonds. The second-order valence-corrected chi connectivity index (χ2v) is 3.48. The van der Waals surface area contributed by atoms with E-state index in [0.717, 1.165) is 12.3 Å². The molecule has 2 rings (SSSR count). The molecule has 0 aliphatic heterocycles. The van der Waals surface area contributed by atoms with Gasteiger partial charge in [-0.05, 0) is 18.2 Å². The normalized spacial score (nSPS) is 11.1. The van der Waals surface area contributed by atoms with Gasteiger partial charge in [0.2, 0.25) is 0 Å². The smallest absolute Gasteiger partial charge is 0.424 e. The van der Waals surface area contributed by atoms with Crippen LogP contribution in [-0.4, -0.2) is 16.3 Å². The Morgan fingerprint density at radius 1 is 1.16 bits per heavy atom. The van der Waals surface area contributed by atoms with Crippen LogP contribution in [-0.2, 0) is 6.18 Å². The summed E-state index contributed by atoms with van der Waals surface area (Å²) in [6.07, 6.45) is -3.11. The standard InChI is InChI=1S/C12H7F3N2O2/c13-12(14,15)10-5-6-16-11(17-10)19-9-4-2-1-3-8(9)7-18/h1-7H. The van der Waals surface area contributed by atoms with Crippen LogP contribution in [0.2, 0.25) is 0 Å². The monoisotopic (exact) mass is 268 g/mol. The van der Waals surface area contributed by atoms with Crippen molar-refractivity contribution in [3.8, 4) is 11.8 Å². The highest BCUT2D eigenvalue weighted by Crippen LogP contribution is 2.29. The molecular formula is C12H7F3N2O2. The van der Waals surface area contributed by atoms with Crippen LogP contribution >= 0.6 is 0 Å². The van der Waals surface area contributed by atoms with Crippen molar-refractivity contribution in [1.29, 1.82) is 0 Å². The molecule has 2 aromatic rings. The number of carbonyl (C=O) groups excluding carboxylic acids is 1. The third-order valence-corrected chi connectivity index (χ3v) is 2.17. The minimum Gasteiger partial charge on any atom is -0.424 e. The number of hydrogen-bond donors (Lipinski definition) is 0. The molecule has 0 aliphatic carbocycles. The maximum absolute atomic E-state index is 12.5. The largest absolute Gasteiger partial charge is 0.433 e. The molecule has 19 heavy (non-hydrogen) atoms. The van der Waals surface area contributed by atoms with Crippen LogP contribution in [0.25, 0.3) is 0 Å². The molecule has 1 heterocycles. The summed E-state index contributed by atoms with van der Waals surface area (Å²) in [7, 11) is 0. The molecule has 4 nitrogen and oxygen atoms in total. The average molecular weight is 268 g/mol. The number of halogens is 3. The van der Waals surface area contributed by atoms with Crippen molar-refractivity contribution < 1.29 is 22.7 Å². The summed E-state index contributed by atoms with van der Waals surface area (Å²) in [6, 6.07) is 6.35. The number of nitrogens with zero attached hydrogens (tertiary/aromatic N) is 2. The van der Waals surface area contributed by atoms with E-state index in [-0.39, 0.29) is 11.3 Å². The zero-order valence-corrected chi connectivity index (χ0v) is 9.39. The first-order chi connectivity index (χ1) is 9.00. The molecule has 7 heteroatoms. The number of para-hydroxylation sites is 1. The van der Waals surface area contributed by atoms with Crippen molar-refractivity contribution in [2.45, 2.75) is 6.18 Å². The number of hydrogen-bond acceptors (Lipinski definition) is 4. The third-order valence-electron chi connectivity index (χ3n) is 2.17.